The quantitative estimate of drug-likeness (QED) is 0.483. The van der Waals surface area contributed by atoms with Crippen molar-refractivity contribution in [3.63, 3.8) is 0 Å². The van der Waals surface area contributed by atoms with Gasteiger partial charge in [0.2, 0.25) is 0 Å². The van der Waals surface area contributed by atoms with Crippen LogP contribution in [-0.4, -0.2) is 38.5 Å². The first-order valence-corrected chi connectivity index (χ1v) is 6.38. The van der Waals surface area contributed by atoms with E-state index in [1.807, 2.05) is 6.08 Å². The Morgan fingerprint density at radius 2 is 2.44 bits per heavy atom. The van der Waals surface area contributed by atoms with Crippen molar-refractivity contribution >= 4 is 0 Å². The summed E-state index contributed by atoms with van der Waals surface area (Å²) in [5.41, 5.74) is 0. The number of rotatable bonds is 9. The zero-order valence-electron chi connectivity index (χ0n) is 10.4. The molecule has 3 heteroatoms. The summed E-state index contributed by atoms with van der Waals surface area (Å²) < 4.78 is 11.1. The molecule has 1 saturated heterocycles. The Morgan fingerprint density at radius 3 is 3.12 bits per heavy atom. The first-order valence-electron chi connectivity index (χ1n) is 6.38. The molecule has 1 aliphatic rings. The second-order valence-corrected chi connectivity index (χ2v) is 4.34. The maximum absolute atomic E-state index is 5.61. The molecule has 2 atom stereocenters. The molecular weight excluding hydrogens is 202 g/mol. The molecule has 1 aliphatic heterocycles. The van der Waals surface area contributed by atoms with Crippen LogP contribution in [0, 0.1) is 0 Å². The summed E-state index contributed by atoms with van der Waals surface area (Å²) in [4.78, 5) is 0. The van der Waals surface area contributed by atoms with Crippen LogP contribution in [0.2, 0.25) is 0 Å². The van der Waals surface area contributed by atoms with Gasteiger partial charge in [0.15, 0.2) is 0 Å². The molecule has 1 heterocycles. The summed E-state index contributed by atoms with van der Waals surface area (Å²) in [5.74, 6) is 0. The largest absolute Gasteiger partial charge is 0.380 e. The van der Waals surface area contributed by atoms with E-state index in [2.05, 4.69) is 18.8 Å². The van der Waals surface area contributed by atoms with E-state index in [1.165, 1.54) is 12.8 Å². The van der Waals surface area contributed by atoms with Crippen molar-refractivity contribution in [3.8, 4) is 0 Å². The fourth-order valence-electron chi connectivity index (χ4n) is 1.92. The first kappa shape index (κ1) is 13.7. The topological polar surface area (TPSA) is 30.5 Å². The molecule has 0 bridgehead atoms. The number of ether oxygens (including phenoxy) is 2. The summed E-state index contributed by atoms with van der Waals surface area (Å²) >= 11 is 0. The molecule has 0 aromatic rings. The lowest BCUT2D eigenvalue weighted by molar-refractivity contribution is 0.0768. The molecule has 16 heavy (non-hydrogen) atoms. The zero-order chi connectivity index (χ0) is 11.6. The molecule has 0 radical (unpaired) electrons. The van der Waals surface area contributed by atoms with Gasteiger partial charge in [-0.1, -0.05) is 6.08 Å². The maximum atomic E-state index is 5.61. The fraction of sp³-hybridized carbons (Fsp3) is 0.846. The maximum Gasteiger partial charge on any atom is 0.0726 e. The molecule has 0 spiro atoms. The van der Waals surface area contributed by atoms with Crippen LogP contribution in [0.3, 0.4) is 0 Å². The van der Waals surface area contributed by atoms with E-state index in [9.17, 15) is 0 Å². The number of hydrogen-bond donors (Lipinski definition) is 1. The van der Waals surface area contributed by atoms with Gasteiger partial charge in [-0.2, -0.15) is 0 Å². The summed E-state index contributed by atoms with van der Waals surface area (Å²) in [6, 6.07) is 0.444. The fourth-order valence-corrected chi connectivity index (χ4v) is 1.92. The van der Waals surface area contributed by atoms with Crippen molar-refractivity contribution < 1.29 is 9.47 Å². The summed E-state index contributed by atoms with van der Waals surface area (Å²) in [6.07, 6.45) is 6.84. The minimum Gasteiger partial charge on any atom is -0.380 e. The van der Waals surface area contributed by atoms with Gasteiger partial charge in [0.05, 0.1) is 12.7 Å². The van der Waals surface area contributed by atoms with E-state index in [4.69, 9.17) is 9.47 Å². The summed E-state index contributed by atoms with van der Waals surface area (Å²) in [7, 11) is 0. The van der Waals surface area contributed by atoms with Gasteiger partial charge in [-0.15, -0.1) is 6.58 Å². The normalized spacial score (nSPS) is 22.2. The van der Waals surface area contributed by atoms with Crippen LogP contribution < -0.4 is 5.32 Å². The van der Waals surface area contributed by atoms with Crippen molar-refractivity contribution in [3.05, 3.63) is 12.7 Å². The lowest BCUT2D eigenvalue weighted by atomic mass is 10.1. The highest BCUT2D eigenvalue weighted by Crippen LogP contribution is 2.14. The Labute approximate surface area is 99.2 Å². The second-order valence-electron chi connectivity index (χ2n) is 4.34. The van der Waals surface area contributed by atoms with Gasteiger partial charge < -0.3 is 14.8 Å². The SMILES string of the molecule is C=CCCCOCCNC(C)C1CCCO1. The van der Waals surface area contributed by atoms with Gasteiger partial charge >= 0.3 is 0 Å². The van der Waals surface area contributed by atoms with E-state index in [0.29, 0.717) is 12.1 Å². The van der Waals surface area contributed by atoms with Crippen molar-refractivity contribution in [2.75, 3.05) is 26.4 Å². The smallest absolute Gasteiger partial charge is 0.0726 e. The van der Waals surface area contributed by atoms with Crippen LogP contribution in [0.1, 0.15) is 32.6 Å². The first-order chi connectivity index (χ1) is 7.84. The number of allylic oxidation sites excluding steroid dienone is 1. The van der Waals surface area contributed by atoms with Gasteiger partial charge in [0.1, 0.15) is 0 Å². The third kappa shape index (κ3) is 5.64. The predicted octanol–water partition coefficient (Wildman–Crippen LogP) is 2.13. The standard InChI is InChI=1S/C13H25NO2/c1-3-4-5-9-15-11-8-14-12(2)13-7-6-10-16-13/h3,12-14H,1,4-11H2,2H3. The predicted molar refractivity (Wildman–Crippen MR) is 66.7 cm³/mol. The Kier molecular flexibility index (Phi) is 7.47. The summed E-state index contributed by atoms with van der Waals surface area (Å²) in [5, 5.41) is 3.45. The lowest BCUT2D eigenvalue weighted by Crippen LogP contribution is -2.38. The van der Waals surface area contributed by atoms with Gasteiger partial charge in [0, 0.05) is 25.8 Å². The highest BCUT2D eigenvalue weighted by molar-refractivity contribution is 4.76. The van der Waals surface area contributed by atoms with Crippen LogP contribution in [-0.2, 0) is 9.47 Å². The number of nitrogens with one attached hydrogen (secondary N) is 1. The molecule has 0 aromatic heterocycles. The third-order valence-electron chi connectivity index (χ3n) is 2.93. The Morgan fingerprint density at radius 1 is 1.56 bits per heavy atom. The monoisotopic (exact) mass is 227 g/mol. The van der Waals surface area contributed by atoms with Crippen molar-refractivity contribution in [2.24, 2.45) is 0 Å². The van der Waals surface area contributed by atoms with Crippen molar-refractivity contribution in [1.29, 1.82) is 0 Å². The van der Waals surface area contributed by atoms with E-state index >= 15 is 0 Å². The summed E-state index contributed by atoms with van der Waals surface area (Å²) in [6.45, 7) is 9.33. The van der Waals surface area contributed by atoms with Crippen molar-refractivity contribution in [2.45, 2.75) is 44.8 Å². The van der Waals surface area contributed by atoms with E-state index in [1.54, 1.807) is 0 Å². The van der Waals surface area contributed by atoms with Gasteiger partial charge in [-0.3, -0.25) is 0 Å². The second kappa shape index (κ2) is 8.74. The van der Waals surface area contributed by atoms with Gasteiger partial charge in [-0.05, 0) is 32.6 Å². The molecule has 0 aromatic carbocycles. The highest BCUT2D eigenvalue weighted by Gasteiger charge is 2.21. The molecule has 0 amide bonds. The molecule has 2 unspecified atom stereocenters. The molecule has 1 rings (SSSR count). The average molecular weight is 227 g/mol. The number of unbranched alkanes of at least 4 members (excludes halogenated alkanes) is 1. The Balaban J connectivity index is 1.88. The lowest BCUT2D eigenvalue weighted by Gasteiger charge is -2.19. The molecular formula is C13H25NO2. The molecule has 3 nitrogen and oxygen atoms in total. The third-order valence-corrected chi connectivity index (χ3v) is 2.93. The molecule has 1 fully saturated rings. The Hall–Kier alpha value is -0.380. The van der Waals surface area contributed by atoms with Crippen molar-refractivity contribution in [1.82, 2.24) is 5.32 Å². The van der Waals surface area contributed by atoms with Crippen LogP contribution in [0.4, 0.5) is 0 Å². The Bertz CT molecular complexity index is 179. The zero-order valence-corrected chi connectivity index (χ0v) is 10.4. The molecule has 94 valence electrons. The van der Waals surface area contributed by atoms with Crippen LogP contribution in [0.5, 0.6) is 0 Å². The minimum atomic E-state index is 0.403. The van der Waals surface area contributed by atoms with E-state index in [0.717, 1.165) is 39.2 Å². The molecule has 0 aliphatic carbocycles. The molecule has 0 saturated carbocycles. The minimum absolute atomic E-state index is 0.403. The van der Waals surface area contributed by atoms with Crippen LogP contribution in [0.15, 0.2) is 12.7 Å². The van der Waals surface area contributed by atoms with Crippen LogP contribution >= 0.6 is 0 Å². The van der Waals surface area contributed by atoms with E-state index < -0.39 is 0 Å². The molecule has 1 N–H and O–H groups in total. The van der Waals surface area contributed by atoms with Gasteiger partial charge in [0.25, 0.3) is 0 Å². The van der Waals surface area contributed by atoms with E-state index in [-0.39, 0.29) is 0 Å². The number of hydrogen-bond acceptors (Lipinski definition) is 3. The highest BCUT2D eigenvalue weighted by atomic mass is 16.5. The van der Waals surface area contributed by atoms with Gasteiger partial charge in [-0.25, -0.2) is 0 Å². The average Bonchev–Trinajstić information content (AvgIpc) is 2.81. The van der Waals surface area contributed by atoms with Crippen LogP contribution in [0.25, 0.3) is 0 Å².